The van der Waals surface area contributed by atoms with E-state index in [4.69, 9.17) is 4.74 Å². The molecule has 0 aliphatic rings. The Labute approximate surface area is 109 Å². The highest BCUT2D eigenvalue weighted by Crippen LogP contribution is 2.30. The molecule has 2 aromatic carbocycles. The number of hydrogen-bond acceptors (Lipinski definition) is 1. The fourth-order valence-electron chi connectivity index (χ4n) is 1.87. The molecule has 18 heavy (non-hydrogen) atoms. The monoisotopic (exact) mass is 238 g/mol. The number of hydrogen-bond donors (Lipinski definition) is 0. The normalized spacial score (nSPS) is 10.4. The van der Waals surface area contributed by atoms with Crippen molar-refractivity contribution in [3.05, 3.63) is 72.3 Å². The highest BCUT2D eigenvalue weighted by atomic mass is 16.5. The van der Waals surface area contributed by atoms with Crippen LogP contribution in [0, 0.1) is 0 Å². The van der Waals surface area contributed by atoms with Crippen LogP contribution in [0.1, 0.15) is 25.0 Å². The van der Waals surface area contributed by atoms with E-state index < -0.39 is 0 Å². The maximum absolute atomic E-state index is 5.83. The second-order valence-corrected chi connectivity index (χ2v) is 4.51. The molecule has 0 fully saturated rings. The number of ether oxygens (including phenoxy) is 1. The molecule has 2 rings (SSSR count). The van der Waals surface area contributed by atoms with Gasteiger partial charge in [-0.2, -0.15) is 0 Å². The van der Waals surface area contributed by atoms with Gasteiger partial charge < -0.3 is 4.74 Å². The molecule has 1 heteroatoms. The summed E-state index contributed by atoms with van der Waals surface area (Å²) in [5, 5.41) is 0. The molecule has 0 spiro atoms. The lowest BCUT2D eigenvalue weighted by Crippen LogP contribution is -2.07. The average molecular weight is 238 g/mol. The first-order valence-electron chi connectivity index (χ1n) is 6.19. The van der Waals surface area contributed by atoms with E-state index in [0.717, 1.165) is 22.4 Å². The van der Waals surface area contributed by atoms with Crippen molar-refractivity contribution in [3.63, 3.8) is 0 Å². The quantitative estimate of drug-likeness (QED) is 0.760. The lowest BCUT2D eigenvalue weighted by molar-refractivity contribution is 0.242. The molecule has 2 aromatic rings. The lowest BCUT2D eigenvalue weighted by atomic mass is 9.99. The van der Waals surface area contributed by atoms with Crippen LogP contribution in [0.15, 0.2) is 61.2 Å². The minimum atomic E-state index is 0.162. The number of benzene rings is 2. The summed E-state index contributed by atoms with van der Waals surface area (Å²) in [4.78, 5) is 0. The zero-order chi connectivity index (χ0) is 13.0. The molecule has 0 bridgehead atoms. The topological polar surface area (TPSA) is 9.23 Å². The average Bonchev–Trinajstić information content (AvgIpc) is 2.39. The fraction of sp³-hybridized carbons (Fsp3) is 0.176. The third-order valence-electron chi connectivity index (χ3n) is 2.70. The Morgan fingerprint density at radius 2 is 1.56 bits per heavy atom. The van der Waals surface area contributed by atoms with Crippen LogP contribution in [0.2, 0.25) is 0 Å². The van der Waals surface area contributed by atoms with E-state index in [9.17, 15) is 0 Å². The summed E-state index contributed by atoms with van der Waals surface area (Å²) in [6.07, 6.45) is 0.162. The summed E-state index contributed by atoms with van der Waals surface area (Å²) in [6.45, 7) is 8.24. The summed E-state index contributed by atoms with van der Waals surface area (Å²) in [7, 11) is 0. The van der Waals surface area contributed by atoms with Crippen molar-refractivity contribution >= 4 is 5.57 Å². The SMILES string of the molecule is C=C(c1ccccc1)c1ccccc1OC(C)C. The van der Waals surface area contributed by atoms with E-state index in [1.807, 2.05) is 56.3 Å². The van der Waals surface area contributed by atoms with E-state index in [1.165, 1.54) is 0 Å². The highest BCUT2D eigenvalue weighted by molar-refractivity contribution is 5.81. The molecule has 0 aromatic heterocycles. The summed E-state index contributed by atoms with van der Waals surface area (Å²) in [5.74, 6) is 0.890. The van der Waals surface area contributed by atoms with Crippen LogP contribution in [-0.4, -0.2) is 6.10 Å². The van der Waals surface area contributed by atoms with Crippen LogP contribution >= 0.6 is 0 Å². The molecule has 0 aliphatic carbocycles. The largest absolute Gasteiger partial charge is 0.490 e. The Kier molecular flexibility index (Phi) is 3.83. The first-order valence-corrected chi connectivity index (χ1v) is 6.19. The summed E-state index contributed by atoms with van der Waals surface area (Å²) >= 11 is 0. The molecule has 92 valence electrons. The third kappa shape index (κ3) is 2.80. The first kappa shape index (κ1) is 12.4. The molecule has 0 aliphatic heterocycles. The van der Waals surface area contributed by atoms with Gasteiger partial charge in [-0.1, -0.05) is 55.1 Å². The Hall–Kier alpha value is -2.02. The first-order chi connectivity index (χ1) is 8.68. The van der Waals surface area contributed by atoms with Crippen LogP contribution in [-0.2, 0) is 0 Å². The standard InChI is InChI=1S/C17H18O/c1-13(2)18-17-12-8-7-11-16(17)14(3)15-9-5-4-6-10-15/h4-13H,3H2,1-2H3. The van der Waals surface area contributed by atoms with Crippen molar-refractivity contribution in [2.24, 2.45) is 0 Å². The van der Waals surface area contributed by atoms with Gasteiger partial charge in [0.15, 0.2) is 0 Å². The van der Waals surface area contributed by atoms with Crippen LogP contribution in [0.4, 0.5) is 0 Å². The molecule has 0 saturated carbocycles. The van der Waals surface area contributed by atoms with Gasteiger partial charge in [0.05, 0.1) is 6.10 Å². The Morgan fingerprint density at radius 3 is 2.22 bits per heavy atom. The second-order valence-electron chi connectivity index (χ2n) is 4.51. The van der Waals surface area contributed by atoms with Gasteiger partial charge in [-0.25, -0.2) is 0 Å². The Bertz CT molecular complexity index is 526. The highest BCUT2D eigenvalue weighted by Gasteiger charge is 2.09. The molecule has 1 nitrogen and oxygen atoms in total. The maximum Gasteiger partial charge on any atom is 0.127 e. The van der Waals surface area contributed by atoms with Crippen LogP contribution in [0.3, 0.4) is 0 Å². The number of para-hydroxylation sites is 1. The van der Waals surface area contributed by atoms with Gasteiger partial charge in [-0.05, 0) is 31.1 Å². The van der Waals surface area contributed by atoms with Gasteiger partial charge in [-0.15, -0.1) is 0 Å². The predicted octanol–water partition coefficient (Wildman–Crippen LogP) is 4.54. The third-order valence-corrected chi connectivity index (χ3v) is 2.70. The van der Waals surface area contributed by atoms with Crippen molar-refractivity contribution in [2.75, 3.05) is 0 Å². The molecule has 0 N–H and O–H groups in total. The van der Waals surface area contributed by atoms with Crippen molar-refractivity contribution in [1.82, 2.24) is 0 Å². The molecule has 0 atom stereocenters. The summed E-state index contributed by atoms with van der Waals surface area (Å²) < 4.78 is 5.83. The molecule has 0 radical (unpaired) electrons. The zero-order valence-electron chi connectivity index (χ0n) is 10.9. The van der Waals surface area contributed by atoms with Crippen LogP contribution < -0.4 is 4.74 Å². The van der Waals surface area contributed by atoms with Crippen molar-refractivity contribution in [1.29, 1.82) is 0 Å². The molecule has 0 unspecified atom stereocenters. The zero-order valence-corrected chi connectivity index (χ0v) is 10.9. The molecule has 0 heterocycles. The molecule has 0 amide bonds. The summed E-state index contributed by atoms with van der Waals surface area (Å²) in [6, 6.07) is 18.2. The van der Waals surface area contributed by atoms with Gasteiger partial charge in [0.2, 0.25) is 0 Å². The summed E-state index contributed by atoms with van der Waals surface area (Å²) in [5.41, 5.74) is 3.17. The second kappa shape index (κ2) is 5.54. The minimum absolute atomic E-state index is 0.162. The maximum atomic E-state index is 5.83. The van der Waals surface area contributed by atoms with Gasteiger partial charge in [0, 0.05) is 5.56 Å². The van der Waals surface area contributed by atoms with E-state index in [1.54, 1.807) is 0 Å². The molecule has 0 saturated heterocycles. The minimum Gasteiger partial charge on any atom is -0.490 e. The lowest BCUT2D eigenvalue weighted by Gasteiger charge is -2.15. The van der Waals surface area contributed by atoms with Crippen LogP contribution in [0.5, 0.6) is 5.75 Å². The van der Waals surface area contributed by atoms with Crippen molar-refractivity contribution in [2.45, 2.75) is 20.0 Å². The van der Waals surface area contributed by atoms with Gasteiger partial charge >= 0.3 is 0 Å². The predicted molar refractivity (Wildman–Crippen MR) is 76.8 cm³/mol. The Morgan fingerprint density at radius 1 is 0.944 bits per heavy atom. The van der Waals surface area contributed by atoms with Gasteiger partial charge in [0.25, 0.3) is 0 Å². The van der Waals surface area contributed by atoms with Gasteiger partial charge in [0.1, 0.15) is 5.75 Å². The molecular weight excluding hydrogens is 220 g/mol. The number of rotatable bonds is 4. The van der Waals surface area contributed by atoms with Gasteiger partial charge in [-0.3, -0.25) is 0 Å². The van der Waals surface area contributed by atoms with Crippen LogP contribution in [0.25, 0.3) is 5.57 Å². The van der Waals surface area contributed by atoms with Crippen molar-refractivity contribution < 1.29 is 4.74 Å². The van der Waals surface area contributed by atoms with E-state index in [-0.39, 0.29) is 6.10 Å². The van der Waals surface area contributed by atoms with E-state index in [0.29, 0.717) is 0 Å². The Balaban J connectivity index is 2.36. The van der Waals surface area contributed by atoms with Crippen molar-refractivity contribution in [3.8, 4) is 5.75 Å². The molecular formula is C17H18O. The van der Waals surface area contributed by atoms with E-state index in [2.05, 4.69) is 18.7 Å². The van der Waals surface area contributed by atoms with E-state index >= 15 is 0 Å². The smallest absolute Gasteiger partial charge is 0.127 e. The fourth-order valence-corrected chi connectivity index (χ4v) is 1.87.